The molecular formula is C23H30ClN3O3S. The highest BCUT2D eigenvalue weighted by molar-refractivity contribution is 7.92. The monoisotopic (exact) mass is 463 g/mol. The first-order chi connectivity index (χ1) is 14.7. The van der Waals surface area contributed by atoms with E-state index in [0.29, 0.717) is 12.1 Å². The molecule has 0 radical (unpaired) electrons. The first kappa shape index (κ1) is 23.6. The van der Waals surface area contributed by atoms with Gasteiger partial charge in [0.2, 0.25) is 0 Å². The van der Waals surface area contributed by atoms with E-state index in [-0.39, 0.29) is 21.5 Å². The van der Waals surface area contributed by atoms with Crippen LogP contribution >= 0.6 is 11.6 Å². The number of nitrogens with zero attached hydrogens (tertiary/aromatic N) is 1. The lowest BCUT2D eigenvalue weighted by molar-refractivity contribution is 0.0950. The Morgan fingerprint density at radius 2 is 1.81 bits per heavy atom. The van der Waals surface area contributed by atoms with Crippen molar-refractivity contribution in [3.63, 3.8) is 0 Å². The van der Waals surface area contributed by atoms with E-state index < -0.39 is 10.0 Å². The van der Waals surface area contributed by atoms with Gasteiger partial charge in [0.15, 0.2) is 0 Å². The summed E-state index contributed by atoms with van der Waals surface area (Å²) in [7, 11) is -3.76. The molecule has 8 heteroatoms. The lowest BCUT2D eigenvalue weighted by Crippen LogP contribution is -2.35. The molecule has 1 saturated heterocycles. The number of hydrogen-bond acceptors (Lipinski definition) is 4. The summed E-state index contributed by atoms with van der Waals surface area (Å²) in [6, 6.07) is 11.1. The third-order valence-corrected chi connectivity index (χ3v) is 7.31. The van der Waals surface area contributed by atoms with Crippen molar-refractivity contribution < 1.29 is 13.2 Å². The van der Waals surface area contributed by atoms with Gasteiger partial charge in [0.25, 0.3) is 15.9 Å². The number of halogens is 1. The van der Waals surface area contributed by atoms with Gasteiger partial charge in [0, 0.05) is 12.1 Å². The van der Waals surface area contributed by atoms with Crippen LogP contribution in [0.3, 0.4) is 0 Å². The zero-order valence-corrected chi connectivity index (χ0v) is 19.6. The Morgan fingerprint density at radius 3 is 2.45 bits per heavy atom. The molecule has 0 unspecified atom stereocenters. The summed E-state index contributed by atoms with van der Waals surface area (Å²) in [5.74, 6) is 0.590. The molecule has 1 amide bonds. The highest BCUT2D eigenvalue weighted by Crippen LogP contribution is 2.26. The minimum Gasteiger partial charge on any atom is -0.352 e. The van der Waals surface area contributed by atoms with E-state index in [1.54, 1.807) is 18.2 Å². The van der Waals surface area contributed by atoms with Gasteiger partial charge in [-0.25, -0.2) is 8.42 Å². The minimum absolute atomic E-state index is 0.152. The van der Waals surface area contributed by atoms with Gasteiger partial charge in [0.05, 0.1) is 15.6 Å². The molecule has 0 bridgehead atoms. The van der Waals surface area contributed by atoms with Gasteiger partial charge in [-0.05, 0) is 82.1 Å². The molecule has 168 valence electrons. The fourth-order valence-electron chi connectivity index (χ4n) is 3.55. The number of benzene rings is 2. The Balaban J connectivity index is 1.52. The maximum absolute atomic E-state index is 12.6. The van der Waals surface area contributed by atoms with Crippen LogP contribution in [0.4, 0.5) is 5.69 Å². The first-order valence-electron chi connectivity index (χ1n) is 10.6. The fourth-order valence-corrected chi connectivity index (χ4v) is 4.92. The van der Waals surface area contributed by atoms with Crippen LogP contribution in [0, 0.1) is 12.8 Å². The number of sulfonamides is 1. The summed E-state index contributed by atoms with van der Waals surface area (Å²) in [5, 5.41) is 3.08. The second-order valence-electron chi connectivity index (χ2n) is 8.25. The Bertz CT molecular complexity index is 1000. The molecule has 6 nitrogen and oxygen atoms in total. The molecule has 0 spiro atoms. The van der Waals surface area contributed by atoms with E-state index in [9.17, 15) is 13.2 Å². The van der Waals surface area contributed by atoms with Gasteiger partial charge < -0.3 is 10.2 Å². The van der Waals surface area contributed by atoms with Crippen LogP contribution < -0.4 is 10.0 Å². The van der Waals surface area contributed by atoms with Gasteiger partial charge >= 0.3 is 0 Å². The van der Waals surface area contributed by atoms with Gasteiger partial charge in [0.1, 0.15) is 0 Å². The number of hydrogen-bond donors (Lipinski definition) is 2. The number of carbonyl (C=O) groups excluding carboxylic acids is 1. The maximum Gasteiger partial charge on any atom is 0.261 e. The number of anilines is 1. The summed E-state index contributed by atoms with van der Waals surface area (Å²) in [5.41, 5.74) is 1.60. The number of rotatable bonds is 8. The third kappa shape index (κ3) is 6.69. The molecule has 31 heavy (non-hydrogen) atoms. The number of amides is 1. The van der Waals surface area contributed by atoms with Crippen LogP contribution in [-0.2, 0) is 10.0 Å². The highest BCUT2D eigenvalue weighted by Gasteiger charge is 2.17. The number of aryl methyl sites for hydroxylation is 1. The van der Waals surface area contributed by atoms with E-state index in [4.69, 9.17) is 11.6 Å². The second kappa shape index (κ2) is 10.5. The quantitative estimate of drug-likeness (QED) is 0.572. The van der Waals surface area contributed by atoms with Crippen molar-refractivity contribution in [1.29, 1.82) is 0 Å². The van der Waals surface area contributed by atoms with E-state index >= 15 is 0 Å². The molecule has 2 N–H and O–H groups in total. The SMILES string of the molecule is Cc1ccc(S(=O)(=O)Nc2ccc(C(=O)NCCCN3CCC(C)CC3)cc2Cl)cc1. The summed E-state index contributed by atoms with van der Waals surface area (Å²) in [4.78, 5) is 15.0. The molecule has 2 aromatic carbocycles. The molecule has 1 fully saturated rings. The summed E-state index contributed by atoms with van der Waals surface area (Å²) >= 11 is 6.25. The van der Waals surface area contributed by atoms with E-state index in [0.717, 1.165) is 37.5 Å². The minimum atomic E-state index is -3.76. The lowest BCUT2D eigenvalue weighted by atomic mass is 9.99. The maximum atomic E-state index is 12.6. The predicted molar refractivity (Wildman–Crippen MR) is 125 cm³/mol. The summed E-state index contributed by atoms with van der Waals surface area (Å²) in [6.45, 7) is 8.01. The molecule has 0 aromatic heterocycles. The van der Waals surface area contributed by atoms with Crippen LogP contribution in [0.15, 0.2) is 47.4 Å². The molecular weight excluding hydrogens is 434 g/mol. The van der Waals surface area contributed by atoms with Crippen molar-refractivity contribution in [3.05, 3.63) is 58.6 Å². The molecule has 0 saturated carbocycles. The molecule has 3 rings (SSSR count). The highest BCUT2D eigenvalue weighted by atomic mass is 35.5. The second-order valence-corrected chi connectivity index (χ2v) is 10.3. The largest absolute Gasteiger partial charge is 0.352 e. The molecule has 1 aliphatic rings. The van der Waals surface area contributed by atoms with Gasteiger partial charge in [-0.2, -0.15) is 0 Å². The van der Waals surface area contributed by atoms with Crippen LogP contribution in [0.25, 0.3) is 0 Å². The lowest BCUT2D eigenvalue weighted by Gasteiger charge is -2.30. The average Bonchev–Trinajstić information content (AvgIpc) is 2.74. The van der Waals surface area contributed by atoms with Crippen LogP contribution in [0.2, 0.25) is 5.02 Å². The van der Waals surface area contributed by atoms with Gasteiger partial charge in [-0.15, -0.1) is 0 Å². The van der Waals surface area contributed by atoms with Crippen molar-refractivity contribution in [1.82, 2.24) is 10.2 Å². The standard InChI is InChI=1S/C23H30ClN3O3S/c1-17-4-7-20(8-5-17)31(29,30)26-22-9-6-19(16-21(22)24)23(28)25-12-3-13-27-14-10-18(2)11-15-27/h4-9,16,18,26H,3,10-15H2,1-2H3,(H,25,28). The number of likely N-dealkylation sites (tertiary alicyclic amines) is 1. The normalized spacial score (nSPS) is 15.6. The van der Waals surface area contributed by atoms with Crippen LogP contribution in [0.1, 0.15) is 42.1 Å². The van der Waals surface area contributed by atoms with Crippen LogP contribution in [-0.4, -0.2) is 45.4 Å². The third-order valence-electron chi connectivity index (χ3n) is 5.62. The Kier molecular flexibility index (Phi) is 7.97. The first-order valence-corrected chi connectivity index (χ1v) is 12.5. The van der Waals surface area contributed by atoms with Gasteiger partial charge in [-0.3, -0.25) is 9.52 Å². The zero-order chi connectivity index (χ0) is 22.4. The summed E-state index contributed by atoms with van der Waals surface area (Å²) < 4.78 is 27.6. The smallest absolute Gasteiger partial charge is 0.261 e. The average molecular weight is 464 g/mol. The van der Waals surface area contributed by atoms with Crippen molar-refractivity contribution in [2.45, 2.75) is 38.0 Å². The molecule has 0 aliphatic carbocycles. The Hall–Kier alpha value is -2.09. The number of carbonyl (C=O) groups is 1. The summed E-state index contributed by atoms with van der Waals surface area (Å²) in [6.07, 6.45) is 3.37. The Morgan fingerprint density at radius 1 is 1.13 bits per heavy atom. The predicted octanol–water partition coefficient (Wildman–Crippen LogP) is 4.30. The van der Waals surface area contributed by atoms with Crippen molar-refractivity contribution in [2.75, 3.05) is 30.9 Å². The topological polar surface area (TPSA) is 78.5 Å². The molecule has 2 aromatic rings. The fraction of sp³-hybridized carbons (Fsp3) is 0.435. The zero-order valence-electron chi connectivity index (χ0n) is 18.0. The van der Waals surface area contributed by atoms with Crippen LogP contribution in [0.5, 0.6) is 0 Å². The molecule has 0 atom stereocenters. The molecule has 1 aliphatic heterocycles. The number of nitrogens with one attached hydrogen (secondary N) is 2. The van der Waals surface area contributed by atoms with E-state index in [1.165, 1.54) is 37.1 Å². The van der Waals surface area contributed by atoms with Crippen molar-refractivity contribution in [2.24, 2.45) is 5.92 Å². The van der Waals surface area contributed by atoms with Crippen molar-refractivity contribution >= 4 is 33.2 Å². The van der Waals surface area contributed by atoms with Gasteiger partial charge in [-0.1, -0.05) is 36.2 Å². The van der Waals surface area contributed by atoms with E-state index in [2.05, 4.69) is 21.9 Å². The van der Waals surface area contributed by atoms with Crippen molar-refractivity contribution in [3.8, 4) is 0 Å². The number of piperidine rings is 1. The Labute approximate surface area is 190 Å². The molecule has 1 heterocycles. The van der Waals surface area contributed by atoms with E-state index in [1.807, 2.05) is 6.92 Å².